The lowest BCUT2D eigenvalue weighted by atomic mass is 9.95. The Morgan fingerprint density at radius 1 is 1.18 bits per heavy atom. The van der Waals surface area contributed by atoms with Gasteiger partial charge in [-0.15, -0.1) is 0 Å². The van der Waals surface area contributed by atoms with Crippen LogP contribution >= 0.6 is 27.3 Å². The Morgan fingerprint density at radius 2 is 1.95 bits per heavy atom. The fraction of sp³-hybridized carbons (Fsp3) is 0.276. The van der Waals surface area contributed by atoms with Gasteiger partial charge < -0.3 is 24.1 Å². The van der Waals surface area contributed by atoms with Crippen molar-refractivity contribution in [2.45, 2.75) is 26.8 Å². The van der Waals surface area contributed by atoms with Gasteiger partial charge in [-0.25, -0.2) is 9.79 Å². The summed E-state index contributed by atoms with van der Waals surface area (Å²) in [5.74, 6) is 0.666. The number of aromatic nitrogens is 1. The van der Waals surface area contributed by atoms with Gasteiger partial charge in [0.2, 0.25) is 0 Å². The monoisotopic (exact) mass is 628 g/mol. The summed E-state index contributed by atoms with van der Waals surface area (Å²) in [5.41, 5.74) is 1.63. The van der Waals surface area contributed by atoms with E-state index in [0.717, 1.165) is 0 Å². The zero-order valence-corrected chi connectivity index (χ0v) is 24.9. The minimum atomic E-state index is -0.817. The minimum Gasteiger partial charge on any atom is -0.504 e. The Morgan fingerprint density at radius 3 is 2.62 bits per heavy atom. The maximum atomic E-state index is 13.9. The van der Waals surface area contributed by atoms with E-state index in [1.165, 1.54) is 29.1 Å². The average Bonchev–Trinajstić information content (AvgIpc) is 3.23. The first kappa shape index (κ1) is 29.2. The van der Waals surface area contributed by atoms with Crippen LogP contribution < -0.4 is 29.1 Å². The van der Waals surface area contributed by atoms with Crippen molar-refractivity contribution in [3.63, 3.8) is 0 Å². The molecule has 1 aliphatic rings. The van der Waals surface area contributed by atoms with Gasteiger partial charge in [-0.2, -0.15) is 0 Å². The number of ether oxygens (including phenoxy) is 4. The molecule has 1 aromatic heterocycles. The standard InChI is InChI=1S/C29H29BrN2O7S/c1-6-11-39-21-10-9-17(12-23(21)37-7-2)26-25(28(35)38-8-3)16(4)31-29-32(26)27(34)24(40-29)14-18-13-22(36-5)20(33)15-19(18)30/h6,9-10,12-15,26,33H,1,7-8,11H2,2-5H3/t26-/m1/s1. The number of nitrogens with zero attached hydrogens (tertiary/aromatic N) is 2. The van der Waals surface area contributed by atoms with Gasteiger partial charge in [0.1, 0.15) is 6.61 Å². The molecule has 40 heavy (non-hydrogen) atoms. The molecule has 11 heteroatoms. The fourth-order valence-electron chi connectivity index (χ4n) is 4.31. The molecule has 0 saturated carbocycles. The van der Waals surface area contributed by atoms with Gasteiger partial charge >= 0.3 is 5.97 Å². The quantitative estimate of drug-likeness (QED) is 0.264. The van der Waals surface area contributed by atoms with Crippen LogP contribution in [0.2, 0.25) is 0 Å². The first-order valence-electron chi connectivity index (χ1n) is 12.5. The molecule has 0 aliphatic carbocycles. The lowest BCUT2D eigenvalue weighted by Crippen LogP contribution is -2.40. The van der Waals surface area contributed by atoms with Crippen LogP contribution in [0.5, 0.6) is 23.0 Å². The van der Waals surface area contributed by atoms with Gasteiger partial charge in [0.25, 0.3) is 5.56 Å². The number of esters is 1. The summed E-state index contributed by atoms with van der Waals surface area (Å²) in [5, 5.41) is 10.1. The highest BCUT2D eigenvalue weighted by atomic mass is 79.9. The van der Waals surface area contributed by atoms with E-state index < -0.39 is 12.0 Å². The number of hydrogen-bond donors (Lipinski definition) is 1. The van der Waals surface area contributed by atoms with Crippen molar-refractivity contribution in [1.82, 2.24) is 4.57 Å². The normalized spacial score (nSPS) is 14.8. The Bertz CT molecular complexity index is 1670. The SMILES string of the molecule is C=CCOc1ccc([C@@H]2C(C(=O)OCC)=C(C)N=c3sc(=Cc4cc(OC)c(O)cc4Br)c(=O)n32)cc1OCC. The van der Waals surface area contributed by atoms with Gasteiger partial charge in [0.15, 0.2) is 27.8 Å². The topological polar surface area (TPSA) is 109 Å². The third-order valence-corrected chi connectivity index (χ3v) is 7.71. The maximum absolute atomic E-state index is 13.9. The number of rotatable bonds is 10. The van der Waals surface area contributed by atoms with Crippen LogP contribution in [-0.2, 0) is 9.53 Å². The van der Waals surface area contributed by atoms with E-state index in [2.05, 4.69) is 27.5 Å². The first-order chi connectivity index (χ1) is 19.2. The molecule has 1 aliphatic heterocycles. The van der Waals surface area contributed by atoms with Crippen LogP contribution in [0.25, 0.3) is 6.08 Å². The molecular weight excluding hydrogens is 600 g/mol. The van der Waals surface area contributed by atoms with Crippen molar-refractivity contribution < 1.29 is 28.8 Å². The molecule has 0 unspecified atom stereocenters. The number of carbonyl (C=O) groups excluding carboxylic acids is 1. The first-order valence-corrected chi connectivity index (χ1v) is 14.1. The summed E-state index contributed by atoms with van der Waals surface area (Å²) >= 11 is 4.63. The van der Waals surface area contributed by atoms with Gasteiger partial charge in [-0.3, -0.25) is 9.36 Å². The highest BCUT2D eigenvalue weighted by molar-refractivity contribution is 9.10. The number of hydrogen-bond acceptors (Lipinski definition) is 9. The highest BCUT2D eigenvalue weighted by Gasteiger charge is 2.34. The molecule has 0 fully saturated rings. The second-order valence-electron chi connectivity index (χ2n) is 8.59. The molecule has 0 radical (unpaired) electrons. The van der Waals surface area contributed by atoms with E-state index >= 15 is 0 Å². The van der Waals surface area contributed by atoms with Crippen molar-refractivity contribution >= 4 is 39.3 Å². The third kappa shape index (κ3) is 5.71. The molecule has 0 bridgehead atoms. The lowest BCUT2D eigenvalue weighted by Gasteiger charge is -2.25. The number of thiazole rings is 1. The van der Waals surface area contributed by atoms with Gasteiger partial charge in [0.05, 0.1) is 42.2 Å². The summed E-state index contributed by atoms with van der Waals surface area (Å²) in [7, 11) is 1.45. The van der Waals surface area contributed by atoms with Gasteiger partial charge in [-0.1, -0.05) is 46.0 Å². The van der Waals surface area contributed by atoms with Crippen LogP contribution in [0.3, 0.4) is 0 Å². The van der Waals surface area contributed by atoms with Crippen LogP contribution in [0.1, 0.15) is 37.9 Å². The molecule has 3 aromatic rings. The summed E-state index contributed by atoms with van der Waals surface area (Å²) in [6.07, 6.45) is 3.32. The average molecular weight is 630 g/mol. The number of allylic oxidation sites excluding steroid dienone is 1. The van der Waals surface area contributed by atoms with Crippen molar-refractivity contribution in [3.05, 3.63) is 89.5 Å². The molecule has 0 spiro atoms. The smallest absolute Gasteiger partial charge is 0.338 e. The van der Waals surface area contributed by atoms with Gasteiger partial charge in [0, 0.05) is 4.47 Å². The summed E-state index contributed by atoms with van der Waals surface area (Å²) in [6.45, 7) is 9.84. The van der Waals surface area contributed by atoms with E-state index in [-0.39, 0.29) is 29.2 Å². The van der Waals surface area contributed by atoms with Crippen molar-refractivity contribution in [2.75, 3.05) is 26.9 Å². The summed E-state index contributed by atoms with van der Waals surface area (Å²) in [6, 6.07) is 7.62. The second-order valence-corrected chi connectivity index (χ2v) is 10.5. The van der Waals surface area contributed by atoms with Crippen LogP contribution in [0.15, 0.2) is 68.5 Å². The van der Waals surface area contributed by atoms with E-state index in [1.807, 2.05) is 6.92 Å². The number of fused-ring (bicyclic) bond motifs is 1. The Balaban J connectivity index is 1.96. The molecule has 9 nitrogen and oxygen atoms in total. The summed E-state index contributed by atoms with van der Waals surface area (Å²) in [4.78, 5) is 32.2. The number of methoxy groups -OCH3 is 1. The van der Waals surface area contributed by atoms with E-state index in [0.29, 0.717) is 55.3 Å². The molecule has 2 heterocycles. The molecule has 1 N–H and O–H groups in total. The Labute approximate surface area is 243 Å². The fourth-order valence-corrected chi connectivity index (χ4v) is 5.80. The lowest BCUT2D eigenvalue weighted by molar-refractivity contribution is -0.139. The number of phenolic OH excluding ortho intramolecular Hbond substituents is 1. The summed E-state index contributed by atoms with van der Waals surface area (Å²) < 4.78 is 24.7. The molecule has 2 aromatic carbocycles. The number of aromatic hydroxyl groups is 1. The molecule has 0 saturated heterocycles. The predicted octanol–water partition coefficient (Wildman–Crippen LogP) is 4.24. The molecule has 4 rings (SSSR count). The number of phenols is 1. The third-order valence-electron chi connectivity index (χ3n) is 6.04. The number of halogens is 1. The van der Waals surface area contributed by atoms with Crippen molar-refractivity contribution in [1.29, 1.82) is 0 Å². The van der Waals surface area contributed by atoms with Crippen LogP contribution in [0, 0.1) is 0 Å². The highest BCUT2D eigenvalue weighted by Crippen LogP contribution is 2.37. The Kier molecular flexibility index (Phi) is 9.16. The van der Waals surface area contributed by atoms with E-state index in [4.69, 9.17) is 18.9 Å². The van der Waals surface area contributed by atoms with Crippen LogP contribution in [0.4, 0.5) is 0 Å². The van der Waals surface area contributed by atoms with Gasteiger partial charge in [-0.05, 0) is 62.2 Å². The van der Waals surface area contributed by atoms with Crippen molar-refractivity contribution in [2.24, 2.45) is 4.99 Å². The van der Waals surface area contributed by atoms with Crippen LogP contribution in [-0.4, -0.2) is 42.6 Å². The second kappa shape index (κ2) is 12.6. The van der Waals surface area contributed by atoms with Crippen molar-refractivity contribution in [3.8, 4) is 23.0 Å². The number of carbonyl (C=O) groups is 1. The zero-order valence-electron chi connectivity index (χ0n) is 22.5. The molecular formula is C29H29BrN2O7S. The Hall–Kier alpha value is -3.83. The van der Waals surface area contributed by atoms with E-state index in [9.17, 15) is 14.7 Å². The predicted molar refractivity (Wildman–Crippen MR) is 156 cm³/mol. The maximum Gasteiger partial charge on any atom is 0.338 e. The molecule has 210 valence electrons. The van der Waals surface area contributed by atoms with E-state index in [1.54, 1.807) is 50.3 Å². The molecule has 0 amide bonds. The minimum absolute atomic E-state index is 0.0340. The zero-order chi connectivity index (χ0) is 29.0. The number of benzene rings is 2. The molecule has 1 atom stereocenters. The largest absolute Gasteiger partial charge is 0.504 e.